The number of terminal acetylenes is 1. The molecule has 3 nitrogen and oxygen atoms in total. The van der Waals surface area contributed by atoms with Crippen LogP contribution in [0, 0.1) is 18.3 Å². The number of likely N-dealkylation sites (tertiary alicyclic amines) is 1. The molecule has 0 spiro atoms. The number of piperidine rings is 1. The second kappa shape index (κ2) is 6.64. The summed E-state index contributed by atoms with van der Waals surface area (Å²) in [5.74, 6) is 3.28. The van der Waals surface area contributed by atoms with Crippen LogP contribution in [-0.2, 0) is 11.4 Å². The first-order valence-electron chi connectivity index (χ1n) is 7.40. The van der Waals surface area contributed by atoms with Gasteiger partial charge in [0.1, 0.15) is 10.7 Å². The van der Waals surface area contributed by atoms with Gasteiger partial charge < -0.3 is 4.84 Å². The van der Waals surface area contributed by atoms with E-state index in [1.807, 2.05) is 12.1 Å². The van der Waals surface area contributed by atoms with Gasteiger partial charge in [-0.3, -0.25) is 4.90 Å². The Labute approximate surface area is 134 Å². The van der Waals surface area contributed by atoms with Crippen molar-refractivity contribution in [2.45, 2.75) is 31.9 Å². The maximum absolute atomic E-state index is 5.49. The molecule has 0 aliphatic carbocycles. The number of hydrogen-bond acceptors (Lipinski definition) is 3. The van der Waals surface area contributed by atoms with Gasteiger partial charge >= 0.3 is 0 Å². The van der Waals surface area contributed by atoms with Crippen LogP contribution in [0.3, 0.4) is 0 Å². The molecule has 0 radical (unpaired) electrons. The highest BCUT2D eigenvalue weighted by atomic mass is 79.9. The first-order valence-corrected chi connectivity index (χ1v) is 8.20. The van der Waals surface area contributed by atoms with E-state index in [1.54, 1.807) is 0 Å². The van der Waals surface area contributed by atoms with Crippen molar-refractivity contribution in [3.8, 4) is 12.3 Å². The minimum atomic E-state index is 0.274. The first-order chi connectivity index (χ1) is 10.2. The SMILES string of the molecule is C#Cc1ccc(CN2CCC(C3CC(Br)=NO3)CC2)cc1. The fraction of sp³-hybridized carbons (Fsp3) is 0.471. The summed E-state index contributed by atoms with van der Waals surface area (Å²) >= 11 is 3.41. The Morgan fingerprint density at radius 1 is 1.29 bits per heavy atom. The van der Waals surface area contributed by atoms with Crippen molar-refractivity contribution in [1.82, 2.24) is 4.90 Å². The maximum Gasteiger partial charge on any atom is 0.136 e. The van der Waals surface area contributed by atoms with Crippen molar-refractivity contribution in [3.63, 3.8) is 0 Å². The number of nitrogens with zero attached hydrogens (tertiary/aromatic N) is 2. The van der Waals surface area contributed by atoms with Crippen molar-refractivity contribution in [3.05, 3.63) is 35.4 Å². The molecule has 1 aromatic carbocycles. The van der Waals surface area contributed by atoms with Gasteiger partial charge in [-0.25, -0.2) is 0 Å². The smallest absolute Gasteiger partial charge is 0.136 e. The molecule has 3 rings (SSSR count). The Hall–Kier alpha value is -1.31. The molecule has 0 aromatic heterocycles. The second-order valence-electron chi connectivity index (χ2n) is 5.77. The van der Waals surface area contributed by atoms with E-state index in [-0.39, 0.29) is 6.10 Å². The van der Waals surface area contributed by atoms with E-state index in [2.05, 4.69) is 44.0 Å². The standard InChI is InChI=1S/C17H19BrN2O/c1-2-13-3-5-14(6-4-13)12-20-9-7-15(8-10-20)16-11-17(18)19-21-16/h1,3-6,15-16H,7-12H2. The van der Waals surface area contributed by atoms with Gasteiger partial charge in [-0.05, 0) is 59.6 Å². The summed E-state index contributed by atoms with van der Waals surface area (Å²) in [7, 11) is 0. The molecule has 2 heterocycles. The third kappa shape index (κ3) is 3.66. The molecule has 1 aromatic rings. The summed E-state index contributed by atoms with van der Waals surface area (Å²) < 4.78 is 0.948. The topological polar surface area (TPSA) is 24.8 Å². The lowest BCUT2D eigenvalue weighted by Crippen LogP contribution is -2.37. The molecule has 1 unspecified atom stereocenters. The number of rotatable bonds is 3. The Kier molecular flexibility index (Phi) is 4.62. The minimum absolute atomic E-state index is 0.274. The number of benzene rings is 1. The molecule has 1 fully saturated rings. The molecular formula is C17H19BrN2O. The summed E-state index contributed by atoms with van der Waals surface area (Å²) in [5, 5.41) is 4.00. The third-order valence-corrected chi connectivity index (χ3v) is 4.81. The number of halogens is 1. The van der Waals surface area contributed by atoms with Gasteiger partial charge in [-0.1, -0.05) is 23.2 Å². The van der Waals surface area contributed by atoms with E-state index in [0.29, 0.717) is 5.92 Å². The zero-order valence-electron chi connectivity index (χ0n) is 12.0. The molecule has 4 heteroatoms. The minimum Gasteiger partial charge on any atom is -0.391 e. The monoisotopic (exact) mass is 346 g/mol. The molecule has 110 valence electrons. The van der Waals surface area contributed by atoms with Crippen molar-refractivity contribution >= 4 is 20.6 Å². The summed E-state index contributed by atoms with van der Waals surface area (Å²) in [6.07, 6.45) is 8.95. The second-order valence-corrected chi connectivity index (χ2v) is 6.69. The zero-order valence-corrected chi connectivity index (χ0v) is 13.6. The first kappa shape index (κ1) is 14.6. The van der Waals surface area contributed by atoms with Gasteiger partial charge in [-0.15, -0.1) is 6.42 Å². The Bertz CT molecular complexity index is 553. The Morgan fingerprint density at radius 2 is 2.00 bits per heavy atom. The van der Waals surface area contributed by atoms with E-state index in [1.165, 1.54) is 18.4 Å². The van der Waals surface area contributed by atoms with Crippen LogP contribution in [0.2, 0.25) is 0 Å². The van der Waals surface area contributed by atoms with Gasteiger partial charge in [0.2, 0.25) is 0 Å². The van der Waals surface area contributed by atoms with Crippen molar-refractivity contribution < 1.29 is 4.84 Å². The van der Waals surface area contributed by atoms with Crippen LogP contribution in [0.25, 0.3) is 0 Å². The van der Waals surface area contributed by atoms with Crippen molar-refractivity contribution in [1.29, 1.82) is 0 Å². The zero-order chi connectivity index (χ0) is 14.7. The molecule has 2 aliphatic heterocycles. The highest BCUT2D eigenvalue weighted by molar-refractivity contribution is 9.18. The van der Waals surface area contributed by atoms with Crippen LogP contribution in [0.5, 0.6) is 0 Å². The van der Waals surface area contributed by atoms with Gasteiger partial charge in [-0.2, -0.15) is 0 Å². The quantitative estimate of drug-likeness (QED) is 0.783. The summed E-state index contributed by atoms with van der Waals surface area (Å²) in [6.45, 7) is 3.25. The van der Waals surface area contributed by atoms with Crippen LogP contribution in [0.1, 0.15) is 30.4 Å². The lowest BCUT2D eigenvalue weighted by Gasteiger charge is -2.33. The van der Waals surface area contributed by atoms with Crippen molar-refractivity contribution in [2.24, 2.45) is 11.1 Å². The van der Waals surface area contributed by atoms with Crippen LogP contribution in [-0.4, -0.2) is 28.7 Å². The molecule has 0 bridgehead atoms. The molecular weight excluding hydrogens is 328 g/mol. The van der Waals surface area contributed by atoms with Crippen LogP contribution in [0.15, 0.2) is 29.4 Å². The lowest BCUT2D eigenvalue weighted by atomic mass is 9.90. The van der Waals surface area contributed by atoms with Gasteiger partial charge in [0, 0.05) is 24.4 Å². The molecule has 21 heavy (non-hydrogen) atoms. The molecule has 1 saturated heterocycles. The van der Waals surface area contributed by atoms with Gasteiger partial charge in [0.15, 0.2) is 0 Å². The van der Waals surface area contributed by atoms with E-state index < -0.39 is 0 Å². The number of hydrogen-bond donors (Lipinski definition) is 0. The van der Waals surface area contributed by atoms with Gasteiger partial charge in [0.25, 0.3) is 0 Å². The van der Waals surface area contributed by atoms with E-state index >= 15 is 0 Å². The average molecular weight is 347 g/mol. The number of oxime groups is 1. The van der Waals surface area contributed by atoms with E-state index in [9.17, 15) is 0 Å². The van der Waals surface area contributed by atoms with E-state index in [0.717, 1.165) is 36.2 Å². The highest BCUT2D eigenvalue weighted by Crippen LogP contribution is 2.29. The fourth-order valence-corrected chi connectivity index (χ4v) is 3.47. The average Bonchev–Trinajstić information content (AvgIpc) is 2.95. The fourth-order valence-electron chi connectivity index (χ4n) is 3.07. The summed E-state index contributed by atoms with van der Waals surface area (Å²) in [5.41, 5.74) is 2.28. The van der Waals surface area contributed by atoms with E-state index in [4.69, 9.17) is 11.3 Å². The maximum atomic E-state index is 5.49. The molecule has 0 N–H and O–H groups in total. The van der Waals surface area contributed by atoms with Crippen LogP contribution < -0.4 is 0 Å². The summed E-state index contributed by atoms with van der Waals surface area (Å²) in [6, 6.07) is 8.30. The largest absolute Gasteiger partial charge is 0.391 e. The predicted molar refractivity (Wildman–Crippen MR) is 88.2 cm³/mol. The predicted octanol–water partition coefficient (Wildman–Crippen LogP) is 3.38. The Balaban J connectivity index is 1.48. The summed E-state index contributed by atoms with van der Waals surface area (Å²) in [4.78, 5) is 7.99. The highest BCUT2D eigenvalue weighted by Gasteiger charge is 2.31. The van der Waals surface area contributed by atoms with Crippen LogP contribution >= 0.6 is 15.9 Å². The lowest BCUT2D eigenvalue weighted by molar-refractivity contribution is 0.0127. The molecule has 1 atom stereocenters. The van der Waals surface area contributed by atoms with Crippen molar-refractivity contribution in [2.75, 3.05) is 13.1 Å². The van der Waals surface area contributed by atoms with Crippen LogP contribution in [0.4, 0.5) is 0 Å². The normalized spacial score (nSPS) is 23.4. The molecule has 2 aliphatic rings. The molecule has 0 saturated carbocycles. The Morgan fingerprint density at radius 3 is 2.57 bits per heavy atom. The third-order valence-electron chi connectivity index (χ3n) is 4.34. The van der Waals surface area contributed by atoms with Gasteiger partial charge in [0.05, 0.1) is 0 Å². The molecule has 0 amide bonds.